The van der Waals surface area contributed by atoms with Gasteiger partial charge in [0.15, 0.2) is 0 Å². The van der Waals surface area contributed by atoms with Gasteiger partial charge in [-0.05, 0) is 89.5 Å². The van der Waals surface area contributed by atoms with Crippen LogP contribution < -0.4 is 10.1 Å². The SMILES string of the molecule is Cc1cc(C)cc(NC(=O)CN2C(=O)S/C(=C/c3c(OCc4ccc(Cl)cc4)ccc4ccccc34)C2=O)c1. The number of ether oxygens (including phenoxy) is 1. The number of hydrogen-bond donors (Lipinski definition) is 1. The topological polar surface area (TPSA) is 75.7 Å². The van der Waals surface area contributed by atoms with Crippen molar-refractivity contribution in [1.29, 1.82) is 0 Å². The van der Waals surface area contributed by atoms with Crippen molar-refractivity contribution in [3.63, 3.8) is 0 Å². The molecule has 0 bridgehead atoms. The van der Waals surface area contributed by atoms with Crippen LogP contribution in [-0.2, 0) is 16.2 Å². The van der Waals surface area contributed by atoms with E-state index in [9.17, 15) is 14.4 Å². The van der Waals surface area contributed by atoms with Crippen LogP contribution in [0.15, 0.2) is 83.8 Å². The number of nitrogens with zero attached hydrogens (tertiary/aromatic N) is 1. The van der Waals surface area contributed by atoms with E-state index in [4.69, 9.17) is 16.3 Å². The summed E-state index contributed by atoms with van der Waals surface area (Å²) in [5.41, 5.74) is 4.26. The minimum Gasteiger partial charge on any atom is -0.488 e. The number of anilines is 1. The Labute approximate surface area is 235 Å². The number of fused-ring (bicyclic) bond motifs is 1. The van der Waals surface area contributed by atoms with Gasteiger partial charge in [-0.15, -0.1) is 0 Å². The molecule has 0 aromatic heterocycles. The molecule has 0 saturated carbocycles. The van der Waals surface area contributed by atoms with E-state index < -0.39 is 17.1 Å². The lowest BCUT2D eigenvalue weighted by Gasteiger charge is -2.14. The molecule has 1 heterocycles. The van der Waals surface area contributed by atoms with Gasteiger partial charge in [0.25, 0.3) is 11.1 Å². The first-order chi connectivity index (χ1) is 18.8. The van der Waals surface area contributed by atoms with Crippen LogP contribution in [-0.4, -0.2) is 28.5 Å². The zero-order chi connectivity index (χ0) is 27.5. The Balaban J connectivity index is 1.39. The summed E-state index contributed by atoms with van der Waals surface area (Å²) in [5, 5.41) is 4.78. The van der Waals surface area contributed by atoms with E-state index in [2.05, 4.69) is 5.32 Å². The molecule has 0 spiro atoms. The maximum absolute atomic E-state index is 13.3. The molecule has 0 aliphatic carbocycles. The van der Waals surface area contributed by atoms with E-state index >= 15 is 0 Å². The third-order valence-electron chi connectivity index (χ3n) is 6.19. The Hall–Kier alpha value is -4.07. The number of nitrogens with one attached hydrogen (secondary N) is 1. The molecule has 196 valence electrons. The Morgan fingerprint density at radius 3 is 2.44 bits per heavy atom. The highest BCUT2D eigenvalue weighted by Crippen LogP contribution is 2.37. The molecule has 0 atom stereocenters. The number of halogens is 1. The number of carbonyl (C=O) groups excluding carboxylic acids is 3. The molecule has 0 unspecified atom stereocenters. The maximum atomic E-state index is 13.3. The molecule has 0 radical (unpaired) electrons. The van der Waals surface area contributed by atoms with Gasteiger partial charge < -0.3 is 10.1 Å². The summed E-state index contributed by atoms with van der Waals surface area (Å²) in [7, 11) is 0. The molecule has 4 aromatic rings. The molecule has 3 amide bonds. The lowest BCUT2D eigenvalue weighted by atomic mass is 10.0. The van der Waals surface area contributed by atoms with Crippen molar-refractivity contribution < 1.29 is 19.1 Å². The predicted molar refractivity (Wildman–Crippen MR) is 157 cm³/mol. The van der Waals surface area contributed by atoms with Gasteiger partial charge in [0.1, 0.15) is 18.9 Å². The van der Waals surface area contributed by atoms with Crippen LogP contribution in [0, 0.1) is 13.8 Å². The fourth-order valence-electron chi connectivity index (χ4n) is 4.45. The third kappa shape index (κ3) is 6.16. The molecule has 6 nitrogen and oxygen atoms in total. The molecule has 5 rings (SSSR count). The highest BCUT2D eigenvalue weighted by Gasteiger charge is 2.36. The number of aryl methyl sites for hydroxylation is 2. The van der Waals surface area contributed by atoms with Crippen molar-refractivity contribution in [2.45, 2.75) is 20.5 Å². The summed E-state index contributed by atoms with van der Waals surface area (Å²) >= 11 is 6.81. The quantitative estimate of drug-likeness (QED) is 0.241. The van der Waals surface area contributed by atoms with Gasteiger partial charge in [-0.1, -0.05) is 60.1 Å². The zero-order valence-corrected chi connectivity index (χ0v) is 22.9. The van der Waals surface area contributed by atoms with Crippen molar-refractivity contribution >= 4 is 63.0 Å². The number of carbonyl (C=O) groups is 3. The molecular weight excluding hydrogens is 532 g/mol. The lowest BCUT2D eigenvalue weighted by molar-refractivity contribution is -0.127. The Morgan fingerprint density at radius 2 is 1.69 bits per heavy atom. The fraction of sp³-hybridized carbons (Fsp3) is 0.129. The fourth-order valence-corrected chi connectivity index (χ4v) is 5.40. The Kier molecular flexibility index (Phi) is 7.72. The molecule has 1 saturated heterocycles. The maximum Gasteiger partial charge on any atom is 0.294 e. The van der Waals surface area contributed by atoms with Crippen molar-refractivity contribution in [2.75, 3.05) is 11.9 Å². The summed E-state index contributed by atoms with van der Waals surface area (Å²) in [6, 6.07) is 24.6. The van der Waals surface area contributed by atoms with E-state index in [0.29, 0.717) is 28.6 Å². The van der Waals surface area contributed by atoms with E-state index in [0.717, 1.165) is 44.1 Å². The first kappa shape index (κ1) is 26.5. The number of rotatable bonds is 7. The molecule has 1 aliphatic rings. The highest BCUT2D eigenvalue weighted by molar-refractivity contribution is 8.18. The van der Waals surface area contributed by atoms with Crippen LogP contribution in [0.5, 0.6) is 5.75 Å². The van der Waals surface area contributed by atoms with Gasteiger partial charge in [-0.25, -0.2) is 0 Å². The third-order valence-corrected chi connectivity index (χ3v) is 7.35. The molecule has 1 fully saturated rings. The molecule has 1 N–H and O–H groups in total. The molecule has 1 aliphatic heterocycles. The van der Waals surface area contributed by atoms with E-state index in [1.165, 1.54) is 0 Å². The van der Waals surface area contributed by atoms with E-state index in [-0.39, 0.29) is 11.4 Å². The van der Waals surface area contributed by atoms with Crippen molar-refractivity contribution in [3.05, 3.63) is 111 Å². The molecular formula is C31H25ClN2O4S. The number of amides is 3. The molecule has 4 aromatic carbocycles. The number of thioether (sulfide) groups is 1. The summed E-state index contributed by atoms with van der Waals surface area (Å²) in [5.74, 6) is -0.388. The monoisotopic (exact) mass is 556 g/mol. The van der Waals surface area contributed by atoms with Crippen molar-refractivity contribution in [2.24, 2.45) is 0 Å². The summed E-state index contributed by atoms with van der Waals surface area (Å²) in [6.07, 6.45) is 1.67. The highest BCUT2D eigenvalue weighted by atomic mass is 35.5. The lowest BCUT2D eigenvalue weighted by Crippen LogP contribution is -2.36. The second-order valence-corrected chi connectivity index (χ2v) is 10.7. The van der Waals surface area contributed by atoms with Gasteiger partial charge in [0.05, 0.1) is 4.91 Å². The zero-order valence-electron chi connectivity index (χ0n) is 21.4. The van der Waals surface area contributed by atoms with E-state index in [1.54, 1.807) is 18.2 Å². The van der Waals surface area contributed by atoms with Gasteiger partial charge in [0.2, 0.25) is 5.91 Å². The summed E-state index contributed by atoms with van der Waals surface area (Å²) in [4.78, 5) is 39.9. The smallest absolute Gasteiger partial charge is 0.294 e. The molecule has 39 heavy (non-hydrogen) atoms. The Bertz CT molecular complexity index is 1610. The van der Waals surface area contributed by atoms with Gasteiger partial charge >= 0.3 is 0 Å². The minimum atomic E-state index is -0.517. The largest absolute Gasteiger partial charge is 0.488 e. The van der Waals surface area contributed by atoms with E-state index in [1.807, 2.05) is 80.6 Å². The first-order valence-electron chi connectivity index (χ1n) is 12.3. The number of imide groups is 1. The number of benzene rings is 4. The standard InChI is InChI=1S/C31H25ClN2O4S/c1-19-13-20(2)15-24(14-19)33-29(35)17-34-30(36)28(39-31(34)37)16-26-25-6-4-3-5-22(25)9-12-27(26)38-18-21-7-10-23(32)11-8-21/h3-16H,17-18H2,1-2H3,(H,33,35)/b28-16+. The predicted octanol–water partition coefficient (Wildman–Crippen LogP) is 7.36. The van der Waals surface area contributed by atoms with Crippen molar-refractivity contribution in [1.82, 2.24) is 4.90 Å². The van der Waals surface area contributed by atoms with Crippen LogP contribution in [0.2, 0.25) is 5.02 Å². The summed E-state index contributed by atoms with van der Waals surface area (Å²) < 4.78 is 6.15. The van der Waals surface area contributed by atoms with Crippen LogP contribution >= 0.6 is 23.4 Å². The van der Waals surface area contributed by atoms with Crippen LogP contribution in [0.1, 0.15) is 22.3 Å². The second kappa shape index (κ2) is 11.4. The second-order valence-electron chi connectivity index (χ2n) is 9.31. The van der Waals surface area contributed by atoms with Gasteiger partial charge in [-0.3, -0.25) is 19.3 Å². The average molecular weight is 557 g/mol. The average Bonchev–Trinajstić information content (AvgIpc) is 3.15. The van der Waals surface area contributed by atoms with Crippen LogP contribution in [0.3, 0.4) is 0 Å². The van der Waals surface area contributed by atoms with Crippen LogP contribution in [0.4, 0.5) is 10.5 Å². The number of hydrogen-bond acceptors (Lipinski definition) is 5. The minimum absolute atomic E-state index is 0.229. The van der Waals surface area contributed by atoms with Crippen molar-refractivity contribution in [3.8, 4) is 5.75 Å². The normalized spacial score (nSPS) is 14.3. The summed E-state index contributed by atoms with van der Waals surface area (Å²) in [6.45, 7) is 3.80. The first-order valence-corrected chi connectivity index (χ1v) is 13.5. The van der Waals surface area contributed by atoms with Gasteiger partial charge in [-0.2, -0.15) is 0 Å². The Morgan fingerprint density at radius 1 is 0.974 bits per heavy atom. The molecule has 8 heteroatoms. The van der Waals surface area contributed by atoms with Crippen LogP contribution in [0.25, 0.3) is 16.8 Å². The van der Waals surface area contributed by atoms with Gasteiger partial charge in [0, 0.05) is 16.3 Å².